The van der Waals surface area contributed by atoms with Gasteiger partial charge in [0.05, 0.1) is 13.2 Å². The van der Waals surface area contributed by atoms with Gasteiger partial charge in [-0.3, -0.25) is 19.2 Å². The van der Waals surface area contributed by atoms with E-state index in [1.807, 2.05) is 5.32 Å². The van der Waals surface area contributed by atoms with Crippen LogP contribution < -0.4 is 25.4 Å². The quantitative estimate of drug-likeness (QED) is 0.118. The minimum atomic E-state index is -5.30. The summed E-state index contributed by atoms with van der Waals surface area (Å²) in [5, 5.41) is 6.32. The Balaban J connectivity index is 1.98. The Morgan fingerprint density at radius 1 is 0.782 bits per heavy atom. The number of hydrogen-bond donors (Lipinski definition) is 3. The molecule has 0 heterocycles. The van der Waals surface area contributed by atoms with Crippen molar-refractivity contribution in [2.45, 2.75) is 76.9 Å². The number of methoxy groups -OCH3 is 1. The smallest absolute Gasteiger partial charge is 0.452 e. The summed E-state index contributed by atoms with van der Waals surface area (Å²) in [6.07, 6.45) is -5.76. The average molecular weight is 798 g/mol. The fourth-order valence-electron chi connectivity index (χ4n) is 5.03. The van der Waals surface area contributed by atoms with Gasteiger partial charge in [0.25, 0.3) is 11.7 Å². The van der Waals surface area contributed by atoms with Crippen molar-refractivity contribution in [3.05, 3.63) is 94.5 Å². The van der Waals surface area contributed by atoms with Crippen molar-refractivity contribution < 1.29 is 60.1 Å². The normalized spacial score (nSPS) is 13.5. The maximum atomic E-state index is 15.5. The summed E-state index contributed by atoms with van der Waals surface area (Å²) in [5.41, 5.74) is -1.24. The second-order valence-corrected chi connectivity index (χ2v) is 14.1. The van der Waals surface area contributed by atoms with Crippen molar-refractivity contribution >= 4 is 41.1 Å². The van der Waals surface area contributed by atoms with Crippen molar-refractivity contribution in [1.29, 1.82) is 0 Å². The molecule has 3 N–H and O–H groups in total. The number of rotatable bonds is 16. The first kappa shape index (κ1) is 44.1. The predicted molar refractivity (Wildman–Crippen MR) is 190 cm³/mol. The summed E-state index contributed by atoms with van der Waals surface area (Å²) in [6, 6.07) is 9.74. The molecular formula is C38H41ClF5N3O8. The van der Waals surface area contributed by atoms with E-state index >= 15 is 8.78 Å². The van der Waals surface area contributed by atoms with E-state index in [0.29, 0.717) is 5.75 Å². The standard InChI is InChI=1S/C38H41ClF5N3O8/c1-21(2)30(32(49)38(42,43)44)46-34(51)31(23-12-16-26(53-6)17-13-23)47-33(50)28(45-35(52)37(40,41)24-8-7-9-25(39)19-24)18-22-10-14-27(15-11-22)54-20-29(48)55-36(3,4)5/h7-17,19,21,28,30-31H,18,20H2,1-6H3,(H,45,52)(H,46,51)(H,47,50). The van der Waals surface area contributed by atoms with E-state index in [1.165, 1.54) is 81.6 Å². The number of carbonyl (C=O) groups is 5. The van der Waals surface area contributed by atoms with Gasteiger partial charge in [-0.15, -0.1) is 0 Å². The first-order valence-corrected chi connectivity index (χ1v) is 17.1. The van der Waals surface area contributed by atoms with Crippen molar-refractivity contribution in [3.8, 4) is 11.5 Å². The molecule has 0 aromatic heterocycles. The Kier molecular flexibility index (Phi) is 14.8. The van der Waals surface area contributed by atoms with E-state index in [2.05, 4.69) is 10.6 Å². The first-order valence-electron chi connectivity index (χ1n) is 16.8. The molecule has 0 spiro atoms. The molecule has 0 aliphatic heterocycles. The highest BCUT2D eigenvalue weighted by Crippen LogP contribution is 2.31. The molecule has 55 heavy (non-hydrogen) atoms. The van der Waals surface area contributed by atoms with Crippen LogP contribution in [0, 0.1) is 5.92 Å². The van der Waals surface area contributed by atoms with Crippen molar-refractivity contribution in [2.24, 2.45) is 5.92 Å². The number of amides is 3. The third-order valence-electron chi connectivity index (χ3n) is 7.76. The molecule has 0 aliphatic carbocycles. The topological polar surface area (TPSA) is 149 Å². The first-order chi connectivity index (χ1) is 25.5. The van der Waals surface area contributed by atoms with Crippen molar-refractivity contribution in [2.75, 3.05) is 13.7 Å². The summed E-state index contributed by atoms with van der Waals surface area (Å²) in [6.45, 7) is 7.15. The molecule has 17 heteroatoms. The van der Waals surface area contributed by atoms with Crippen LogP contribution in [-0.4, -0.2) is 67.1 Å². The Labute approximate surface area is 319 Å². The van der Waals surface area contributed by atoms with Crippen LogP contribution in [0.1, 0.15) is 57.4 Å². The highest BCUT2D eigenvalue weighted by molar-refractivity contribution is 6.30. The van der Waals surface area contributed by atoms with Gasteiger partial charge in [0, 0.05) is 17.0 Å². The molecule has 0 saturated carbocycles. The van der Waals surface area contributed by atoms with Gasteiger partial charge in [-0.05, 0) is 74.2 Å². The average Bonchev–Trinajstić information content (AvgIpc) is 3.10. The van der Waals surface area contributed by atoms with Crippen LogP contribution in [0.25, 0.3) is 0 Å². The number of nitrogens with one attached hydrogen (secondary N) is 3. The Hall–Kier alpha value is -5.25. The van der Waals surface area contributed by atoms with E-state index in [-0.39, 0.29) is 21.9 Å². The Morgan fingerprint density at radius 3 is 1.91 bits per heavy atom. The number of carbonyl (C=O) groups excluding carboxylic acids is 5. The van der Waals surface area contributed by atoms with Crippen LogP contribution in [0.15, 0.2) is 72.8 Å². The zero-order valence-electron chi connectivity index (χ0n) is 30.7. The van der Waals surface area contributed by atoms with Gasteiger partial charge in [-0.1, -0.05) is 61.8 Å². The van der Waals surface area contributed by atoms with Gasteiger partial charge in [-0.25, -0.2) is 4.79 Å². The third kappa shape index (κ3) is 12.9. The number of benzene rings is 3. The molecule has 298 valence electrons. The molecule has 3 amide bonds. The molecule has 0 aliphatic rings. The SMILES string of the molecule is COc1ccc(C(NC(=O)C(Cc2ccc(OCC(=O)OC(C)(C)C)cc2)NC(=O)C(F)(F)c2cccc(Cl)c2)C(=O)NC(C(=O)C(F)(F)F)C(C)C)cc1. The molecule has 3 aromatic rings. The third-order valence-corrected chi connectivity index (χ3v) is 7.99. The van der Waals surface area contributed by atoms with Gasteiger partial charge < -0.3 is 30.2 Å². The second kappa shape index (κ2) is 18.4. The summed E-state index contributed by atoms with van der Waals surface area (Å²) in [7, 11) is 1.35. The van der Waals surface area contributed by atoms with E-state index < -0.39 is 89.8 Å². The van der Waals surface area contributed by atoms with Crippen LogP contribution in [0.5, 0.6) is 11.5 Å². The fourth-order valence-corrected chi connectivity index (χ4v) is 5.22. The molecular weight excluding hydrogens is 757 g/mol. The maximum Gasteiger partial charge on any atom is 0.452 e. The number of ketones is 1. The lowest BCUT2D eigenvalue weighted by atomic mass is 9.97. The van der Waals surface area contributed by atoms with Gasteiger partial charge >= 0.3 is 18.1 Å². The Morgan fingerprint density at radius 2 is 1.38 bits per heavy atom. The zero-order valence-corrected chi connectivity index (χ0v) is 31.4. The lowest BCUT2D eigenvalue weighted by molar-refractivity contribution is -0.175. The number of halogens is 6. The number of alkyl halides is 5. The van der Waals surface area contributed by atoms with Crippen LogP contribution >= 0.6 is 11.6 Å². The van der Waals surface area contributed by atoms with Crippen LogP contribution in [-0.2, 0) is 41.1 Å². The van der Waals surface area contributed by atoms with E-state index in [1.54, 1.807) is 20.8 Å². The summed E-state index contributed by atoms with van der Waals surface area (Å²) in [4.78, 5) is 65.0. The van der Waals surface area contributed by atoms with Crippen LogP contribution in [0.2, 0.25) is 5.02 Å². The summed E-state index contributed by atoms with van der Waals surface area (Å²) >= 11 is 5.87. The minimum Gasteiger partial charge on any atom is -0.497 e. The maximum absolute atomic E-state index is 15.5. The molecule has 3 rings (SSSR count). The monoisotopic (exact) mass is 797 g/mol. The van der Waals surface area contributed by atoms with E-state index in [4.69, 9.17) is 25.8 Å². The number of Topliss-reactive ketones (excluding diaryl/α,β-unsaturated/α-hetero) is 1. The summed E-state index contributed by atoms with van der Waals surface area (Å²) in [5.74, 6) is -12.0. The summed E-state index contributed by atoms with van der Waals surface area (Å²) < 4.78 is 87.0. The molecule has 3 unspecified atom stereocenters. The number of ether oxygens (including phenoxy) is 3. The largest absolute Gasteiger partial charge is 0.497 e. The zero-order chi connectivity index (χ0) is 41.3. The lowest BCUT2D eigenvalue weighted by Gasteiger charge is -2.28. The van der Waals surface area contributed by atoms with Crippen molar-refractivity contribution in [3.63, 3.8) is 0 Å². The lowest BCUT2D eigenvalue weighted by Crippen LogP contribution is -2.56. The molecule has 0 bridgehead atoms. The molecule has 0 fully saturated rings. The molecule has 0 radical (unpaired) electrons. The molecule has 3 atom stereocenters. The van der Waals surface area contributed by atoms with Gasteiger partial charge in [0.1, 0.15) is 29.2 Å². The van der Waals surface area contributed by atoms with Gasteiger partial charge in [0.2, 0.25) is 11.8 Å². The number of hydrogen-bond acceptors (Lipinski definition) is 8. The fraction of sp³-hybridized carbons (Fsp3) is 0.395. The molecule has 3 aromatic carbocycles. The van der Waals surface area contributed by atoms with Crippen molar-refractivity contribution in [1.82, 2.24) is 16.0 Å². The molecule has 11 nitrogen and oxygen atoms in total. The Bertz CT molecular complexity index is 1830. The van der Waals surface area contributed by atoms with E-state index in [9.17, 15) is 37.1 Å². The second-order valence-electron chi connectivity index (χ2n) is 13.6. The van der Waals surface area contributed by atoms with Crippen LogP contribution in [0.3, 0.4) is 0 Å². The highest BCUT2D eigenvalue weighted by atomic mass is 35.5. The number of esters is 1. The minimum absolute atomic E-state index is 0.00874. The highest BCUT2D eigenvalue weighted by Gasteiger charge is 2.46. The van der Waals surface area contributed by atoms with Gasteiger partial charge in [0.15, 0.2) is 6.61 Å². The van der Waals surface area contributed by atoms with Gasteiger partial charge in [-0.2, -0.15) is 22.0 Å². The van der Waals surface area contributed by atoms with Crippen LogP contribution in [0.4, 0.5) is 22.0 Å². The molecule has 0 saturated heterocycles. The predicted octanol–water partition coefficient (Wildman–Crippen LogP) is 6.02. The van der Waals surface area contributed by atoms with E-state index in [0.717, 1.165) is 12.1 Å².